The molecule has 1 aliphatic heterocycles. The lowest BCUT2D eigenvalue weighted by Gasteiger charge is -2.21. The van der Waals surface area contributed by atoms with Crippen molar-refractivity contribution in [3.05, 3.63) is 0 Å². The van der Waals surface area contributed by atoms with Crippen LogP contribution in [0.5, 0.6) is 0 Å². The van der Waals surface area contributed by atoms with Crippen LogP contribution in [-0.4, -0.2) is 29.8 Å². The van der Waals surface area contributed by atoms with Gasteiger partial charge in [0.05, 0.1) is 0 Å². The second-order valence-electron chi connectivity index (χ2n) is 4.75. The molecule has 1 saturated heterocycles. The third-order valence-corrected chi connectivity index (χ3v) is 3.62. The van der Waals surface area contributed by atoms with Crippen molar-refractivity contribution in [3.8, 4) is 0 Å². The van der Waals surface area contributed by atoms with Gasteiger partial charge in [0, 0.05) is 25.4 Å². The van der Waals surface area contributed by atoms with Crippen molar-refractivity contribution >= 4 is 17.5 Å². The minimum atomic E-state index is 0.322. The number of hydrogen-bond acceptors (Lipinski definition) is 1. The van der Waals surface area contributed by atoms with Gasteiger partial charge >= 0.3 is 0 Å². The quantitative estimate of drug-likeness (QED) is 0.682. The molecule has 0 spiro atoms. The lowest BCUT2D eigenvalue weighted by atomic mass is 9.89. The van der Waals surface area contributed by atoms with Crippen molar-refractivity contribution in [1.29, 1.82) is 0 Å². The van der Waals surface area contributed by atoms with E-state index in [9.17, 15) is 4.79 Å². The monoisotopic (exact) mass is 231 g/mol. The van der Waals surface area contributed by atoms with Crippen molar-refractivity contribution in [3.63, 3.8) is 0 Å². The third-order valence-electron chi connectivity index (χ3n) is 3.36. The maximum absolute atomic E-state index is 11.8. The summed E-state index contributed by atoms with van der Waals surface area (Å²) in [5.74, 6) is 2.39. The normalized spacial score (nSPS) is 23.3. The zero-order valence-corrected chi connectivity index (χ0v) is 10.6. The molecule has 0 aromatic carbocycles. The third kappa shape index (κ3) is 4.02. The van der Waals surface area contributed by atoms with Crippen LogP contribution in [0.15, 0.2) is 0 Å². The van der Waals surface area contributed by atoms with Crippen molar-refractivity contribution in [2.75, 3.05) is 19.0 Å². The molecule has 1 heterocycles. The first-order chi connectivity index (χ1) is 7.15. The number of halogens is 1. The predicted octanol–water partition coefficient (Wildman–Crippen LogP) is 2.90. The smallest absolute Gasteiger partial charge is 0.222 e. The molecule has 15 heavy (non-hydrogen) atoms. The molecule has 1 fully saturated rings. The molecule has 1 aliphatic rings. The van der Waals surface area contributed by atoms with Crippen LogP contribution in [-0.2, 0) is 4.79 Å². The average molecular weight is 232 g/mol. The summed E-state index contributed by atoms with van der Waals surface area (Å²) in [6.07, 6.45) is 3.87. The molecule has 0 N–H and O–H groups in total. The van der Waals surface area contributed by atoms with E-state index in [0.29, 0.717) is 17.7 Å². The largest absolute Gasteiger partial charge is 0.343 e. The molecule has 2 nitrogen and oxygen atoms in total. The summed E-state index contributed by atoms with van der Waals surface area (Å²) in [7, 11) is 0. The van der Waals surface area contributed by atoms with E-state index >= 15 is 0 Å². The molecule has 0 aromatic rings. The topological polar surface area (TPSA) is 20.3 Å². The molecule has 1 amide bonds. The molecule has 1 unspecified atom stereocenters. The van der Waals surface area contributed by atoms with Gasteiger partial charge in [0.2, 0.25) is 5.91 Å². The highest BCUT2D eigenvalue weighted by molar-refractivity contribution is 6.17. The fourth-order valence-corrected chi connectivity index (χ4v) is 2.33. The zero-order chi connectivity index (χ0) is 11.3. The number of hydrogen-bond donors (Lipinski definition) is 0. The molecule has 0 aliphatic carbocycles. The second-order valence-corrected chi connectivity index (χ2v) is 5.13. The van der Waals surface area contributed by atoms with Crippen molar-refractivity contribution < 1.29 is 4.79 Å². The van der Waals surface area contributed by atoms with Gasteiger partial charge in [-0.2, -0.15) is 0 Å². The fourth-order valence-electron chi connectivity index (χ4n) is 2.21. The molecule has 0 aromatic heterocycles. The first-order valence-corrected chi connectivity index (χ1v) is 6.52. The molecule has 1 atom stereocenters. The van der Waals surface area contributed by atoms with Gasteiger partial charge in [0.15, 0.2) is 0 Å². The van der Waals surface area contributed by atoms with Crippen LogP contribution in [0, 0.1) is 11.8 Å². The van der Waals surface area contributed by atoms with Gasteiger partial charge in [-0.25, -0.2) is 0 Å². The van der Waals surface area contributed by atoms with Crippen LogP contribution in [0.4, 0.5) is 0 Å². The van der Waals surface area contributed by atoms with E-state index in [4.69, 9.17) is 11.6 Å². The number of rotatable bonds is 4. The van der Waals surface area contributed by atoms with Crippen LogP contribution >= 0.6 is 11.6 Å². The van der Waals surface area contributed by atoms with Crippen LogP contribution in [0.3, 0.4) is 0 Å². The Kier molecular flexibility index (Phi) is 5.44. The summed E-state index contributed by atoms with van der Waals surface area (Å²) in [6, 6.07) is 0. The highest BCUT2D eigenvalue weighted by Gasteiger charge is 2.23. The van der Waals surface area contributed by atoms with Gasteiger partial charge in [-0.1, -0.05) is 13.8 Å². The van der Waals surface area contributed by atoms with E-state index in [2.05, 4.69) is 13.8 Å². The highest BCUT2D eigenvalue weighted by atomic mass is 35.5. The minimum Gasteiger partial charge on any atom is -0.343 e. The van der Waals surface area contributed by atoms with E-state index in [-0.39, 0.29) is 0 Å². The molecule has 88 valence electrons. The van der Waals surface area contributed by atoms with E-state index in [0.717, 1.165) is 44.7 Å². The SMILES string of the molecule is CC(C)C1CCC(=O)N(CCCCl)CC1. The Hall–Kier alpha value is -0.240. The summed E-state index contributed by atoms with van der Waals surface area (Å²) >= 11 is 5.65. The molecule has 1 rings (SSSR count). The van der Waals surface area contributed by atoms with Gasteiger partial charge in [0.25, 0.3) is 0 Å². The molecule has 0 bridgehead atoms. The number of carbonyl (C=O) groups is 1. The van der Waals surface area contributed by atoms with Crippen LogP contribution < -0.4 is 0 Å². The minimum absolute atomic E-state index is 0.322. The number of nitrogens with zero attached hydrogens (tertiary/aromatic N) is 1. The molecule has 3 heteroatoms. The van der Waals surface area contributed by atoms with E-state index in [1.165, 1.54) is 0 Å². The van der Waals surface area contributed by atoms with Crippen molar-refractivity contribution in [2.45, 2.75) is 39.5 Å². The van der Waals surface area contributed by atoms with Gasteiger partial charge in [-0.3, -0.25) is 4.79 Å². The Morgan fingerprint density at radius 1 is 1.47 bits per heavy atom. The number of likely N-dealkylation sites (tertiary alicyclic amines) is 1. The van der Waals surface area contributed by atoms with Gasteiger partial charge in [0.1, 0.15) is 0 Å². The summed E-state index contributed by atoms with van der Waals surface area (Å²) in [4.78, 5) is 13.8. The number of alkyl halides is 1. The number of amides is 1. The molecule has 0 radical (unpaired) electrons. The Labute approximate surface area is 98.0 Å². The number of carbonyl (C=O) groups excluding carboxylic acids is 1. The second kappa shape index (κ2) is 6.37. The maximum Gasteiger partial charge on any atom is 0.222 e. The highest BCUT2D eigenvalue weighted by Crippen LogP contribution is 2.25. The summed E-state index contributed by atoms with van der Waals surface area (Å²) in [5.41, 5.74) is 0. The fraction of sp³-hybridized carbons (Fsp3) is 0.917. The first kappa shape index (κ1) is 12.8. The lowest BCUT2D eigenvalue weighted by molar-refractivity contribution is -0.130. The predicted molar refractivity (Wildman–Crippen MR) is 64.1 cm³/mol. The van der Waals surface area contributed by atoms with E-state index in [1.54, 1.807) is 0 Å². The molecular weight excluding hydrogens is 210 g/mol. The van der Waals surface area contributed by atoms with Gasteiger partial charge < -0.3 is 4.90 Å². The zero-order valence-electron chi connectivity index (χ0n) is 9.84. The van der Waals surface area contributed by atoms with Crippen LogP contribution in [0.25, 0.3) is 0 Å². The Morgan fingerprint density at radius 2 is 2.20 bits per heavy atom. The summed E-state index contributed by atoms with van der Waals surface area (Å²) in [5, 5.41) is 0. The molecule has 0 saturated carbocycles. The Bertz CT molecular complexity index is 206. The Balaban J connectivity index is 2.44. The standard InChI is InChI=1S/C12H22ClNO/c1-10(2)11-4-5-12(15)14(9-6-11)8-3-7-13/h10-11H,3-9H2,1-2H3. The van der Waals surface area contributed by atoms with E-state index in [1.807, 2.05) is 4.90 Å². The van der Waals surface area contributed by atoms with Crippen molar-refractivity contribution in [2.24, 2.45) is 11.8 Å². The molecular formula is C12H22ClNO. The first-order valence-electron chi connectivity index (χ1n) is 5.99. The van der Waals surface area contributed by atoms with Gasteiger partial charge in [-0.15, -0.1) is 11.6 Å². The van der Waals surface area contributed by atoms with Crippen LogP contribution in [0.1, 0.15) is 39.5 Å². The van der Waals surface area contributed by atoms with E-state index < -0.39 is 0 Å². The summed E-state index contributed by atoms with van der Waals surface area (Å²) < 4.78 is 0. The van der Waals surface area contributed by atoms with Crippen LogP contribution in [0.2, 0.25) is 0 Å². The maximum atomic E-state index is 11.8. The lowest BCUT2D eigenvalue weighted by Crippen LogP contribution is -2.31. The van der Waals surface area contributed by atoms with Crippen molar-refractivity contribution in [1.82, 2.24) is 4.90 Å². The summed E-state index contributed by atoms with van der Waals surface area (Å²) in [6.45, 7) is 6.28. The van der Waals surface area contributed by atoms with Gasteiger partial charge in [-0.05, 0) is 31.1 Å². The average Bonchev–Trinajstić information content (AvgIpc) is 2.38. The Morgan fingerprint density at radius 3 is 2.80 bits per heavy atom.